The highest BCUT2D eigenvalue weighted by atomic mass is 31.1. The van der Waals surface area contributed by atoms with Crippen molar-refractivity contribution in [2.75, 3.05) is 112 Å². The van der Waals surface area contributed by atoms with Crippen LogP contribution in [0.2, 0.25) is 0 Å². The number of nitrogens with zero attached hydrogens (tertiary/aromatic N) is 7. The van der Waals surface area contributed by atoms with E-state index in [0.717, 1.165) is 187 Å². The number of hydrogen-bond acceptors (Lipinski definition) is 28. The van der Waals surface area contributed by atoms with Gasteiger partial charge in [0, 0.05) is 167 Å². The summed E-state index contributed by atoms with van der Waals surface area (Å²) in [6.07, 6.45) is 31.8. The van der Waals surface area contributed by atoms with Crippen molar-refractivity contribution in [2.24, 2.45) is 0 Å². The summed E-state index contributed by atoms with van der Waals surface area (Å²) in [6.45, 7) is 25.6. The van der Waals surface area contributed by atoms with Gasteiger partial charge in [-0.2, -0.15) is 0 Å². The second kappa shape index (κ2) is 76.3. The SMILES string of the molecule is C.C/C=C/C(CC)c1cnc2ccccc2c1.CC(=O)/C=C/c1cnc2ccccc2c1.CC(=O)CCCc1ccc2c(n1)NCCC2.CC(O)/C=C/c1cnc2ccccc2c1.CCC(CO)c1cnc2ccccc2c1.CCOC(C)(OCC)OCC.CO.CO.CO.CO[P+](=O)CC(=O)CCCc1ccc2c(n1)NCCC2.CO[P+](=O)CC(C)=O.CO[P+](C)=O.O=Cc1cnc2ccccc2c1. The third kappa shape index (κ3) is 52.1. The quantitative estimate of drug-likeness (QED) is 0.00677. The van der Waals surface area contributed by atoms with Gasteiger partial charge in [0.25, 0.3) is 5.97 Å². The van der Waals surface area contributed by atoms with E-state index in [4.69, 9.17) is 34.6 Å². The molecule has 0 saturated carbocycles. The molecule has 12 aromatic rings. The number of rotatable bonds is 32. The lowest BCUT2D eigenvalue weighted by Gasteiger charge is -2.27. The second-order valence-corrected chi connectivity index (χ2v) is 34.7. The van der Waals surface area contributed by atoms with Gasteiger partial charge in [0.2, 0.25) is 12.3 Å². The predicted molar refractivity (Wildman–Crippen MR) is 571 cm³/mol. The van der Waals surface area contributed by atoms with Crippen molar-refractivity contribution in [3.63, 3.8) is 0 Å². The molecule has 31 heteroatoms. The lowest BCUT2D eigenvalue weighted by Crippen LogP contribution is -2.35. The number of anilines is 2. The van der Waals surface area contributed by atoms with Crippen LogP contribution < -0.4 is 10.6 Å². The number of nitrogens with one attached hydrogen (secondary N) is 2. The van der Waals surface area contributed by atoms with Crippen LogP contribution in [0.5, 0.6) is 0 Å². The average Bonchev–Trinajstić information content (AvgIpc) is 0.840. The molecule has 7 N–H and O–H groups in total. The van der Waals surface area contributed by atoms with Crippen LogP contribution in [0, 0.1) is 0 Å². The van der Waals surface area contributed by atoms with E-state index in [1.807, 2.05) is 155 Å². The first-order chi connectivity index (χ1) is 67.2. The smallest absolute Gasteiger partial charge is 0.400 e. The number of aldehydes is 1. The van der Waals surface area contributed by atoms with Crippen LogP contribution >= 0.6 is 24.1 Å². The summed E-state index contributed by atoms with van der Waals surface area (Å²) < 4.78 is 60.2. The number of carbonyl (C=O) groups is 5. The molecule has 28 nitrogen and oxygen atoms in total. The fourth-order valence-corrected chi connectivity index (χ4v) is 14.3. The summed E-state index contributed by atoms with van der Waals surface area (Å²) >= 11 is 0. The minimum atomic E-state index is -1.82. The molecular weight excluding hydrogens is 1830 g/mol. The van der Waals surface area contributed by atoms with E-state index in [1.54, 1.807) is 57.6 Å². The number of fused-ring (bicyclic) bond motifs is 7. The molecule has 2 aliphatic heterocycles. The van der Waals surface area contributed by atoms with Crippen LogP contribution in [0.15, 0.2) is 231 Å². The maximum atomic E-state index is 11.5. The van der Waals surface area contributed by atoms with Gasteiger partial charge in [0.05, 0.1) is 55.0 Å². The van der Waals surface area contributed by atoms with Crippen LogP contribution in [-0.4, -0.2) is 203 Å². The van der Waals surface area contributed by atoms with Gasteiger partial charge in [-0.05, 0) is 252 Å². The first-order valence-corrected chi connectivity index (χ1v) is 50.6. The highest BCUT2D eigenvalue weighted by Gasteiger charge is 2.25. The summed E-state index contributed by atoms with van der Waals surface area (Å²) in [7, 11) is 2.21. The number of aryl methyl sites for hydroxylation is 4. The molecule has 0 fully saturated rings. The largest absolute Gasteiger partial charge is 0.515 e. The summed E-state index contributed by atoms with van der Waals surface area (Å²) in [5.74, 6) is 2.08. The third-order valence-electron chi connectivity index (χ3n) is 20.0. The zero-order valence-electron chi connectivity index (χ0n) is 84.0. The Morgan fingerprint density at radius 2 is 0.871 bits per heavy atom. The number of pyridine rings is 7. The molecule has 0 amide bonds. The average molecular weight is 1980 g/mol. The summed E-state index contributed by atoms with van der Waals surface area (Å²) in [6, 6.07) is 58.6. The lowest BCUT2D eigenvalue weighted by atomic mass is 9.96. The first-order valence-electron chi connectivity index (χ1n) is 46.3. The molecule has 0 saturated heterocycles. The third-order valence-corrected chi connectivity index (χ3v) is 22.7. The van der Waals surface area contributed by atoms with Gasteiger partial charge in [-0.25, -0.2) is 9.97 Å². The van der Waals surface area contributed by atoms with Crippen molar-refractivity contribution < 1.29 is 91.0 Å². The maximum Gasteiger partial charge on any atom is 0.515 e. The predicted octanol–water partition coefficient (Wildman–Crippen LogP) is 22.8. The van der Waals surface area contributed by atoms with Gasteiger partial charge in [-0.1, -0.05) is 149 Å². The first kappa shape index (κ1) is 126. The number of allylic oxidation sites excluding steroid dienone is 3. The summed E-state index contributed by atoms with van der Waals surface area (Å²) in [5, 5.41) is 51.5. The number of ketones is 4. The highest BCUT2D eigenvalue weighted by Crippen LogP contribution is 2.28. The van der Waals surface area contributed by atoms with E-state index in [2.05, 4.69) is 153 Å². The number of carbonyl (C=O) groups excluding carboxylic acids is 5. The minimum Gasteiger partial charge on any atom is -0.400 e. The molecule has 6 atom stereocenters. The lowest BCUT2D eigenvalue weighted by molar-refractivity contribution is -0.365. The van der Waals surface area contributed by atoms with Crippen molar-refractivity contribution in [1.29, 1.82) is 0 Å². The fraction of sp³-hybridized carbons (Fsp3) is 0.394. The van der Waals surface area contributed by atoms with Gasteiger partial charge >= 0.3 is 24.1 Å². The van der Waals surface area contributed by atoms with Gasteiger partial charge in [-0.15, -0.1) is 13.6 Å². The Hall–Kier alpha value is -11.5. The summed E-state index contributed by atoms with van der Waals surface area (Å²) in [4.78, 5) is 84.5. The number of aliphatic hydroxyl groups is 5. The Morgan fingerprint density at radius 3 is 1.23 bits per heavy atom. The zero-order chi connectivity index (χ0) is 103. The normalized spacial score (nSPS) is 12.2. The molecule has 0 aliphatic carbocycles. The molecule has 5 aromatic carbocycles. The van der Waals surface area contributed by atoms with E-state index < -0.39 is 36.2 Å². The Labute approximate surface area is 830 Å². The molecule has 7 aromatic heterocycles. The molecule has 0 bridgehead atoms. The molecule has 2 aliphatic rings. The minimum absolute atomic E-state index is 0. The van der Waals surface area contributed by atoms with Gasteiger partial charge in [-0.3, -0.25) is 44.1 Å². The Kier molecular flexibility index (Phi) is 68.9. The van der Waals surface area contributed by atoms with E-state index in [0.29, 0.717) is 44.1 Å². The van der Waals surface area contributed by atoms with Crippen molar-refractivity contribution in [2.45, 2.75) is 185 Å². The van der Waals surface area contributed by atoms with E-state index in [9.17, 15) is 42.8 Å². The number of benzene rings is 5. The Morgan fingerprint density at radius 1 is 0.493 bits per heavy atom. The van der Waals surface area contributed by atoms with Crippen molar-refractivity contribution in [1.82, 2.24) is 34.9 Å². The van der Waals surface area contributed by atoms with Gasteiger partial charge in [0.1, 0.15) is 17.4 Å². The number of para-hydroxylation sites is 5. The molecule has 140 heavy (non-hydrogen) atoms. The van der Waals surface area contributed by atoms with Crippen LogP contribution in [0.3, 0.4) is 0 Å². The number of Topliss-reactive ketones (excluding diaryl/α,β-unsaturated/α-hetero) is 3. The number of ether oxygens (including phenoxy) is 3. The number of hydrogen-bond donors (Lipinski definition) is 7. The number of aromatic nitrogens is 7. The van der Waals surface area contributed by atoms with Crippen molar-refractivity contribution in [3.8, 4) is 0 Å². The second-order valence-electron chi connectivity index (χ2n) is 30.8. The summed E-state index contributed by atoms with van der Waals surface area (Å²) in [5.41, 5.74) is 14.7. The highest BCUT2D eigenvalue weighted by molar-refractivity contribution is 7.40. The monoisotopic (exact) mass is 1980 g/mol. The van der Waals surface area contributed by atoms with Crippen molar-refractivity contribution in [3.05, 3.63) is 282 Å². The Bertz CT molecular complexity index is 5710. The Balaban J connectivity index is 0.000000782. The fourth-order valence-electron chi connectivity index (χ4n) is 13.2. The molecule has 14 rings (SSSR count). The van der Waals surface area contributed by atoms with E-state index in [-0.39, 0.29) is 55.4 Å². The zero-order valence-corrected chi connectivity index (χ0v) is 86.7. The molecular formula is C109H149N9O19P3+3. The van der Waals surface area contributed by atoms with Crippen LogP contribution in [0.1, 0.15) is 202 Å². The molecule has 756 valence electrons. The van der Waals surface area contributed by atoms with E-state index in [1.165, 1.54) is 70.3 Å². The van der Waals surface area contributed by atoms with Crippen molar-refractivity contribution >= 4 is 132 Å². The standard InChI is InChI=1S/C15H17N.C14H20N2O3P.C13H18N2O.C13H13NO.C13H11NO.C13H15NO.C10H7NO.C8H18O3.C4H8O3P.C2H6O2P.3CH4O.CH4/c1-3-7-12(4-2)14-10-13-8-5-6-9-15(13)16-11-14;1-19-20(18)10-13(17)6-2-5-12-8-7-11-4-3-9-15-14(11)16-12;1-10(16)4-2-6-12-8-7-11-5-3-9-14-13(11)15-12;2*1-10(15)6-7-11-8-12-4-2-3-5-13(12)14-9-11;1-2-10(9-15)12-7-11-5-3-4-6-13(11)14-8-12;12-7-8-5-9-3-1-2-4-10(9)11-6-8;1-5-9-8(4,10-6-2)11-7-3;1-4(5)3-8(6)7-2;1-4-5(2)3;3*1-2;/h3,5-12H,4H2,1-2H3;7-8H,2-6,9-10H2,1H3,(H,15,16);7-8H,2-6,9H2,1H3,(H,14,15);2-10,15H,1H3;2-9H,1H3;3-8,10,15H,2,9H2,1H3;1-7H;5-7H2,1-4H3;3H2,1-2H3;1-2H3;3*2H,1H3;1H4/q;+1;;;;;;;2*+1;;;;/b7-3+;;;2*7-6+;;;;;;;;;. The maximum absolute atomic E-state index is 11.5. The molecule has 0 radical (unpaired) electrons. The molecule has 9 heterocycles. The molecule has 6 unspecified atom stereocenters. The van der Waals surface area contributed by atoms with E-state index >= 15 is 0 Å². The molecule has 0 spiro atoms. The van der Waals surface area contributed by atoms with Crippen LogP contribution in [0.25, 0.3) is 66.7 Å². The van der Waals surface area contributed by atoms with Gasteiger partial charge in [0.15, 0.2) is 30.3 Å². The van der Waals surface area contributed by atoms with Crippen LogP contribution in [0.4, 0.5) is 11.6 Å². The topological polar surface area (TPSA) is 407 Å². The van der Waals surface area contributed by atoms with Crippen LogP contribution in [-0.2, 0) is 86.3 Å². The van der Waals surface area contributed by atoms with Gasteiger partial charge < -0.3 is 55.2 Å². The number of aliphatic hydroxyl groups excluding tert-OH is 5.